The SMILES string of the molecule is Cc1ccc([C@H](O)CN(C)CC2CCN(C[C@@H](C)O)CC2)cc1C. The van der Waals surface area contributed by atoms with Gasteiger partial charge in [-0.1, -0.05) is 18.2 Å². The molecule has 24 heavy (non-hydrogen) atoms. The maximum Gasteiger partial charge on any atom is 0.0916 e. The minimum absolute atomic E-state index is 0.239. The molecule has 2 atom stereocenters. The normalized spacial score (nSPS) is 19.6. The zero-order valence-corrected chi connectivity index (χ0v) is 15.7. The summed E-state index contributed by atoms with van der Waals surface area (Å²) in [6.07, 6.45) is 1.69. The molecular weight excluding hydrogens is 300 g/mol. The molecule has 2 rings (SSSR count). The van der Waals surface area contributed by atoms with E-state index in [1.165, 1.54) is 24.0 Å². The Bertz CT molecular complexity index is 510. The van der Waals surface area contributed by atoms with Gasteiger partial charge in [-0.3, -0.25) is 0 Å². The molecule has 1 heterocycles. The van der Waals surface area contributed by atoms with Crippen LogP contribution < -0.4 is 0 Å². The van der Waals surface area contributed by atoms with E-state index in [-0.39, 0.29) is 6.10 Å². The third kappa shape index (κ3) is 5.85. The van der Waals surface area contributed by atoms with Crippen molar-refractivity contribution in [3.63, 3.8) is 0 Å². The van der Waals surface area contributed by atoms with Gasteiger partial charge in [-0.05, 0) is 76.4 Å². The average molecular weight is 335 g/mol. The van der Waals surface area contributed by atoms with Gasteiger partial charge in [0, 0.05) is 19.6 Å². The number of hydrogen-bond donors (Lipinski definition) is 2. The van der Waals surface area contributed by atoms with Crippen LogP contribution in [0.1, 0.15) is 42.6 Å². The summed E-state index contributed by atoms with van der Waals surface area (Å²) in [6, 6.07) is 6.23. The molecule has 136 valence electrons. The molecule has 0 spiro atoms. The average Bonchev–Trinajstić information content (AvgIpc) is 2.51. The van der Waals surface area contributed by atoms with Crippen LogP contribution in [-0.4, -0.2) is 65.9 Å². The number of rotatable bonds is 7. The van der Waals surface area contributed by atoms with E-state index in [0.29, 0.717) is 12.5 Å². The molecule has 1 saturated heterocycles. The van der Waals surface area contributed by atoms with Crippen LogP contribution in [0.4, 0.5) is 0 Å². The molecule has 1 aromatic rings. The molecule has 0 amide bonds. The van der Waals surface area contributed by atoms with Gasteiger partial charge >= 0.3 is 0 Å². The summed E-state index contributed by atoms with van der Waals surface area (Å²) in [5, 5.41) is 20.0. The first-order chi connectivity index (χ1) is 11.3. The number of piperidine rings is 1. The summed E-state index contributed by atoms with van der Waals surface area (Å²) in [6.45, 7) is 10.7. The van der Waals surface area contributed by atoms with Crippen molar-refractivity contribution in [2.45, 2.75) is 45.8 Å². The Hall–Kier alpha value is -0.940. The summed E-state index contributed by atoms with van der Waals surface area (Å²) in [5.41, 5.74) is 3.51. The predicted molar refractivity (Wildman–Crippen MR) is 99.2 cm³/mol. The van der Waals surface area contributed by atoms with Crippen LogP contribution in [0.5, 0.6) is 0 Å². The highest BCUT2D eigenvalue weighted by Crippen LogP contribution is 2.21. The molecule has 0 radical (unpaired) electrons. The molecule has 1 aliphatic rings. The van der Waals surface area contributed by atoms with Gasteiger partial charge in [-0.15, -0.1) is 0 Å². The highest BCUT2D eigenvalue weighted by Gasteiger charge is 2.22. The number of aliphatic hydroxyl groups excluding tert-OH is 2. The van der Waals surface area contributed by atoms with Crippen LogP contribution in [-0.2, 0) is 0 Å². The van der Waals surface area contributed by atoms with Crippen LogP contribution in [0.15, 0.2) is 18.2 Å². The largest absolute Gasteiger partial charge is 0.392 e. The summed E-state index contributed by atoms with van der Waals surface area (Å²) in [7, 11) is 2.10. The summed E-state index contributed by atoms with van der Waals surface area (Å²) >= 11 is 0. The van der Waals surface area contributed by atoms with Crippen LogP contribution in [0.2, 0.25) is 0 Å². The molecule has 1 fully saturated rings. The van der Waals surface area contributed by atoms with Crippen LogP contribution in [0.25, 0.3) is 0 Å². The molecule has 4 nitrogen and oxygen atoms in total. The number of aliphatic hydroxyl groups is 2. The van der Waals surface area contributed by atoms with Gasteiger partial charge in [-0.2, -0.15) is 0 Å². The lowest BCUT2D eigenvalue weighted by Crippen LogP contribution is -2.41. The lowest BCUT2D eigenvalue weighted by molar-refractivity contribution is 0.0806. The standard InChI is InChI=1S/C20H34N2O2/c1-15-5-6-19(11-16(15)2)20(24)14-21(4)13-18-7-9-22(10-8-18)12-17(3)23/h5-6,11,17-18,20,23-24H,7-10,12-14H2,1-4H3/t17-,20-/m1/s1. The first kappa shape index (κ1) is 19.4. The van der Waals surface area contributed by atoms with E-state index in [9.17, 15) is 10.2 Å². The first-order valence-electron chi connectivity index (χ1n) is 9.19. The van der Waals surface area contributed by atoms with Crippen molar-refractivity contribution in [2.24, 2.45) is 5.92 Å². The van der Waals surface area contributed by atoms with E-state index in [2.05, 4.69) is 42.8 Å². The lowest BCUT2D eigenvalue weighted by atomic mass is 9.95. The highest BCUT2D eigenvalue weighted by molar-refractivity contribution is 5.31. The Morgan fingerprint density at radius 3 is 2.42 bits per heavy atom. The third-order valence-electron chi connectivity index (χ3n) is 5.20. The van der Waals surface area contributed by atoms with E-state index < -0.39 is 6.10 Å². The Kier molecular flexibility index (Phi) is 7.23. The molecule has 0 aromatic heterocycles. The van der Waals surface area contributed by atoms with Crippen LogP contribution in [0, 0.1) is 19.8 Å². The lowest BCUT2D eigenvalue weighted by Gasteiger charge is -2.34. The fraction of sp³-hybridized carbons (Fsp3) is 0.700. The molecule has 4 heteroatoms. The van der Waals surface area contributed by atoms with Gasteiger partial charge in [0.1, 0.15) is 0 Å². The second-order valence-electron chi connectivity index (χ2n) is 7.67. The predicted octanol–water partition coefficient (Wildman–Crippen LogP) is 2.36. The second-order valence-corrected chi connectivity index (χ2v) is 7.67. The quantitative estimate of drug-likeness (QED) is 0.804. The summed E-state index contributed by atoms with van der Waals surface area (Å²) in [4.78, 5) is 4.61. The van der Waals surface area contributed by atoms with E-state index in [0.717, 1.165) is 31.7 Å². The van der Waals surface area contributed by atoms with Crippen molar-refractivity contribution in [1.29, 1.82) is 0 Å². The zero-order chi connectivity index (χ0) is 17.7. The van der Waals surface area contributed by atoms with Gasteiger partial charge in [0.2, 0.25) is 0 Å². The fourth-order valence-electron chi connectivity index (χ4n) is 3.61. The number of β-amino-alcohol motifs (C(OH)–C–C–N with tert-alkyl or cyclic N) is 1. The van der Waals surface area contributed by atoms with Crippen molar-refractivity contribution in [2.75, 3.05) is 39.8 Å². The van der Waals surface area contributed by atoms with Gasteiger partial charge < -0.3 is 20.0 Å². The molecule has 2 N–H and O–H groups in total. The molecule has 0 saturated carbocycles. The fourth-order valence-corrected chi connectivity index (χ4v) is 3.61. The summed E-state index contributed by atoms with van der Waals surface area (Å²) in [5.74, 6) is 0.687. The van der Waals surface area contributed by atoms with Crippen molar-refractivity contribution in [3.8, 4) is 0 Å². The number of hydrogen-bond acceptors (Lipinski definition) is 4. The number of nitrogens with zero attached hydrogens (tertiary/aromatic N) is 2. The Labute approximate surface area is 147 Å². The Balaban J connectivity index is 1.77. The summed E-state index contributed by atoms with van der Waals surface area (Å²) < 4.78 is 0. The number of benzene rings is 1. The highest BCUT2D eigenvalue weighted by atomic mass is 16.3. The van der Waals surface area contributed by atoms with Crippen LogP contribution >= 0.6 is 0 Å². The minimum atomic E-state index is -0.426. The molecule has 0 unspecified atom stereocenters. The van der Waals surface area contributed by atoms with Gasteiger partial charge in [-0.25, -0.2) is 0 Å². The molecular formula is C20H34N2O2. The van der Waals surface area contributed by atoms with Gasteiger partial charge in [0.15, 0.2) is 0 Å². The zero-order valence-electron chi connectivity index (χ0n) is 15.7. The van der Waals surface area contributed by atoms with Gasteiger partial charge in [0.25, 0.3) is 0 Å². The van der Waals surface area contributed by atoms with Crippen molar-refractivity contribution < 1.29 is 10.2 Å². The maximum atomic E-state index is 10.5. The van der Waals surface area contributed by atoms with Crippen molar-refractivity contribution in [1.82, 2.24) is 9.80 Å². The number of likely N-dealkylation sites (tertiary alicyclic amines) is 1. The van der Waals surface area contributed by atoms with Gasteiger partial charge in [0.05, 0.1) is 12.2 Å². The second kappa shape index (κ2) is 8.95. The van der Waals surface area contributed by atoms with Crippen LogP contribution in [0.3, 0.4) is 0 Å². The van der Waals surface area contributed by atoms with E-state index in [4.69, 9.17) is 0 Å². The Morgan fingerprint density at radius 1 is 1.17 bits per heavy atom. The van der Waals surface area contributed by atoms with E-state index in [1.807, 2.05) is 13.0 Å². The Morgan fingerprint density at radius 2 is 1.83 bits per heavy atom. The van der Waals surface area contributed by atoms with Crippen molar-refractivity contribution >= 4 is 0 Å². The van der Waals surface area contributed by atoms with E-state index >= 15 is 0 Å². The number of aryl methyl sites for hydroxylation is 2. The monoisotopic (exact) mass is 334 g/mol. The maximum absolute atomic E-state index is 10.5. The topological polar surface area (TPSA) is 46.9 Å². The number of likely N-dealkylation sites (N-methyl/N-ethyl adjacent to an activating group) is 1. The molecule has 1 aliphatic heterocycles. The minimum Gasteiger partial charge on any atom is -0.392 e. The third-order valence-corrected chi connectivity index (χ3v) is 5.20. The first-order valence-corrected chi connectivity index (χ1v) is 9.19. The van der Waals surface area contributed by atoms with E-state index in [1.54, 1.807) is 0 Å². The molecule has 0 bridgehead atoms. The molecule has 1 aromatic carbocycles. The smallest absolute Gasteiger partial charge is 0.0916 e. The van der Waals surface area contributed by atoms with Crippen molar-refractivity contribution in [3.05, 3.63) is 34.9 Å². The molecule has 0 aliphatic carbocycles.